The van der Waals surface area contributed by atoms with Crippen LogP contribution < -0.4 is 15.8 Å². The number of para-hydroxylation sites is 1. The molecule has 4 unspecified atom stereocenters. The van der Waals surface area contributed by atoms with E-state index in [0.29, 0.717) is 17.0 Å². The minimum absolute atomic E-state index is 0. The molecular weight excluding hydrogens is 358 g/mol. The van der Waals surface area contributed by atoms with Gasteiger partial charge in [-0.05, 0) is 43.2 Å². The Kier molecular flexibility index (Phi) is 5.32. The first kappa shape index (κ1) is 18.2. The van der Waals surface area contributed by atoms with Crippen LogP contribution in [0.5, 0.6) is 5.75 Å². The number of benzene rings is 1. The number of amides is 1. The molecule has 2 fully saturated rings. The van der Waals surface area contributed by atoms with E-state index in [0.717, 1.165) is 29.8 Å². The van der Waals surface area contributed by atoms with Gasteiger partial charge < -0.3 is 15.8 Å². The molecule has 2 aromatic rings. The molecule has 25 heavy (non-hydrogen) atoms. The van der Waals surface area contributed by atoms with Crippen LogP contribution >= 0.6 is 23.7 Å². The maximum Gasteiger partial charge on any atom is 0.231 e. The fraction of sp³-hybridized carbons (Fsp3) is 0.444. The first-order valence-corrected chi connectivity index (χ1v) is 9.20. The van der Waals surface area contributed by atoms with E-state index in [1.165, 1.54) is 17.8 Å². The molecule has 7 heteroatoms. The highest BCUT2D eigenvalue weighted by Crippen LogP contribution is 2.48. The fourth-order valence-electron chi connectivity index (χ4n) is 4.22. The van der Waals surface area contributed by atoms with Crippen molar-refractivity contribution in [2.24, 2.45) is 23.5 Å². The molecule has 134 valence electrons. The monoisotopic (exact) mass is 379 g/mol. The van der Waals surface area contributed by atoms with Crippen molar-refractivity contribution in [2.45, 2.75) is 25.3 Å². The average Bonchev–Trinajstić information content (AvgIpc) is 3.30. The Bertz CT molecular complexity index is 764. The second kappa shape index (κ2) is 7.32. The van der Waals surface area contributed by atoms with Gasteiger partial charge in [-0.15, -0.1) is 23.7 Å². The Morgan fingerprint density at radius 3 is 2.80 bits per heavy atom. The topological polar surface area (TPSA) is 77.2 Å². The summed E-state index contributed by atoms with van der Waals surface area (Å²) >= 11 is 1.43. The lowest BCUT2D eigenvalue weighted by atomic mass is 9.84. The van der Waals surface area contributed by atoms with Gasteiger partial charge in [-0.1, -0.05) is 12.1 Å². The summed E-state index contributed by atoms with van der Waals surface area (Å²) in [5.41, 5.74) is 7.99. The normalized spacial score (nSPS) is 27.0. The van der Waals surface area contributed by atoms with Crippen molar-refractivity contribution in [2.75, 3.05) is 12.4 Å². The van der Waals surface area contributed by atoms with Gasteiger partial charge in [-0.3, -0.25) is 4.79 Å². The SMILES string of the molecule is COc1ccccc1-c1csc(NC(=O)C2C3CCC(C3)C2N)n1.Cl. The van der Waals surface area contributed by atoms with Gasteiger partial charge in [0.05, 0.1) is 18.7 Å². The summed E-state index contributed by atoms with van der Waals surface area (Å²) in [5.74, 6) is 1.69. The minimum Gasteiger partial charge on any atom is -0.496 e. The van der Waals surface area contributed by atoms with E-state index < -0.39 is 0 Å². The summed E-state index contributed by atoms with van der Waals surface area (Å²) in [5, 5.41) is 5.53. The molecule has 2 aliphatic carbocycles. The number of carbonyl (C=O) groups excluding carboxylic acids is 1. The van der Waals surface area contributed by atoms with Crippen LogP contribution in [0.3, 0.4) is 0 Å². The van der Waals surface area contributed by atoms with E-state index in [4.69, 9.17) is 10.5 Å². The molecule has 4 rings (SSSR count). The number of nitrogens with zero attached hydrogens (tertiary/aromatic N) is 1. The summed E-state index contributed by atoms with van der Waals surface area (Å²) in [7, 11) is 1.64. The maximum absolute atomic E-state index is 12.6. The third kappa shape index (κ3) is 3.26. The molecule has 1 amide bonds. The third-order valence-corrected chi connectivity index (χ3v) is 6.16. The van der Waals surface area contributed by atoms with Crippen LogP contribution in [0.25, 0.3) is 11.3 Å². The maximum atomic E-state index is 12.6. The molecule has 3 N–H and O–H groups in total. The number of fused-ring (bicyclic) bond motifs is 2. The largest absolute Gasteiger partial charge is 0.496 e. The zero-order chi connectivity index (χ0) is 16.7. The number of nitrogens with two attached hydrogens (primary N) is 1. The molecule has 2 bridgehead atoms. The van der Waals surface area contributed by atoms with Crippen molar-refractivity contribution in [1.82, 2.24) is 4.98 Å². The van der Waals surface area contributed by atoms with Gasteiger partial charge in [0, 0.05) is 17.0 Å². The second-order valence-corrected chi connectivity index (χ2v) is 7.52. The summed E-state index contributed by atoms with van der Waals surface area (Å²) in [6.45, 7) is 0. The molecule has 0 saturated heterocycles. The Labute approximate surface area is 157 Å². The molecule has 0 spiro atoms. The van der Waals surface area contributed by atoms with Crippen LogP contribution in [0.2, 0.25) is 0 Å². The van der Waals surface area contributed by atoms with Gasteiger partial charge in [0.15, 0.2) is 5.13 Å². The number of hydrogen-bond donors (Lipinski definition) is 2. The van der Waals surface area contributed by atoms with E-state index >= 15 is 0 Å². The van der Waals surface area contributed by atoms with Crippen LogP contribution in [-0.4, -0.2) is 24.0 Å². The highest BCUT2D eigenvalue weighted by Gasteiger charge is 2.49. The van der Waals surface area contributed by atoms with Crippen LogP contribution in [-0.2, 0) is 4.79 Å². The van der Waals surface area contributed by atoms with Crippen molar-refractivity contribution in [1.29, 1.82) is 0 Å². The Hall–Kier alpha value is -1.63. The van der Waals surface area contributed by atoms with Crippen LogP contribution in [0.4, 0.5) is 5.13 Å². The number of halogens is 1. The summed E-state index contributed by atoms with van der Waals surface area (Å²) in [4.78, 5) is 17.2. The molecule has 2 saturated carbocycles. The van der Waals surface area contributed by atoms with Gasteiger partial charge in [0.1, 0.15) is 5.75 Å². The number of hydrogen-bond acceptors (Lipinski definition) is 5. The predicted molar refractivity (Wildman–Crippen MR) is 102 cm³/mol. The molecule has 0 aliphatic heterocycles. The van der Waals surface area contributed by atoms with E-state index in [1.807, 2.05) is 29.6 Å². The Balaban J connectivity index is 0.00000182. The fourth-order valence-corrected chi connectivity index (χ4v) is 4.94. The van der Waals surface area contributed by atoms with Crippen molar-refractivity contribution in [3.63, 3.8) is 0 Å². The molecule has 1 aromatic carbocycles. The molecule has 4 atom stereocenters. The molecule has 0 radical (unpaired) electrons. The molecule has 1 aromatic heterocycles. The number of aromatic nitrogens is 1. The van der Waals surface area contributed by atoms with Crippen LogP contribution in [0.15, 0.2) is 29.6 Å². The smallest absolute Gasteiger partial charge is 0.231 e. The lowest BCUT2D eigenvalue weighted by Crippen LogP contribution is -2.42. The number of carbonyl (C=O) groups is 1. The molecular formula is C18H22ClN3O2S. The van der Waals surface area contributed by atoms with E-state index in [9.17, 15) is 4.79 Å². The van der Waals surface area contributed by atoms with Gasteiger partial charge in [-0.2, -0.15) is 0 Å². The third-order valence-electron chi connectivity index (χ3n) is 5.40. The Morgan fingerprint density at radius 1 is 1.32 bits per heavy atom. The number of methoxy groups -OCH3 is 1. The number of ether oxygens (including phenoxy) is 1. The lowest BCUT2D eigenvalue weighted by molar-refractivity contribution is -0.121. The van der Waals surface area contributed by atoms with E-state index in [2.05, 4.69) is 10.3 Å². The summed E-state index contributed by atoms with van der Waals surface area (Å²) < 4.78 is 5.38. The average molecular weight is 380 g/mol. The highest BCUT2D eigenvalue weighted by atomic mass is 35.5. The van der Waals surface area contributed by atoms with Crippen molar-refractivity contribution >= 4 is 34.8 Å². The highest BCUT2D eigenvalue weighted by molar-refractivity contribution is 7.14. The number of thiazole rings is 1. The van der Waals surface area contributed by atoms with Crippen LogP contribution in [0, 0.1) is 17.8 Å². The van der Waals surface area contributed by atoms with E-state index in [-0.39, 0.29) is 30.3 Å². The van der Waals surface area contributed by atoms with Gasteiger partial charge in [0.25, 0.3) is 0 Å². The number of rotatable bonds is 4. The standard InChI is InChI=1S/C18H21N3O2S.ClH/c1-23-14-5-3-2-4-12(14)13-9-24-18(20-13)21-17(22)15-10-6-7-11(8-10)16(15)19;/h2-5,9-11,15-16H,6-8,19H2,1H3,(H,20,21,22);1H. The van der Waals surface area contributed by atoms with E-state index in [1.54, 1.807) is 7.11 Å². The lowest BCUT2D eigenvalue weighted by Gasteiger charge is -2.26. The molecule has 1 heterocycles. The quantitative estimate of drug-likeness (QED) is 0.851. The molecule has 2 aliphatic rings. The second-order valence-electron chi connectivity index (χ2n) is 6.66. The first-order valence-electron chi connectivity index (χ1n) is 8.32. The van der Waals surface area contributed by atoms with Gasteiger partial charge in [0.2, 0.25) is 5.91 Å². The number of nitrogens with one attached hydrogen (secondary N) is 1. The molecule has 5 nitrogen and oxygen atoms in total. The van der Waals surface area contributed by atoms with Gasteiger partial charge >= 0.3 is 0 Å². The van der Waals surface area contributed by atoms with Crippen molar-refractivity contribution < 1.29 is 9.53 Å². The minimum atomic E-state index is -0.0673. The first-order chi connectivity index (χ1) is 11.7. The van der Waals surface area contributed by atoms with Crippen molar-refractivity contribution in [3.05, 3.63) is 29.6 Å². The summed E-state index contributed by atoms with van der Waals surface area (Å²) in [6, 6.07) is 7.74. The zero-order valence-electron chi connectivity index (χ0n) is 14.0. The van der Waals surface area contributed by atoms with Crippen molar-refractivity contribution in [3.8, 4) is 17.0 Å². The van der Waals surface area contributed by atoms with Crippen LogP contribution in [0.1, 0.15) is 19.3 Å². The number of anilines is 1. The zero-order valence-corrected chi connectivity index (χ0v) is 15.6. The summed E-state index contributed by atoms with van der Waals surface area (Å²) in [6.07, 6.45) is 3.40. The van der Waals surface area contributed by atoms with Gasteiger partial charge in [-0.25, -0.2) is 4.98 Å². The predicted octanol–water partition coefficient (Wildman–Crippen LogP) is 3.55. The Morgan fingerprint density at radius 2 is 2.08 bits per heavy atom.